The average Bonchev–Trinajstić information content (AvgIpc) is 2.64. The van der Waals surface area contributed by atoms with Crippen LogP contribution in [-0.2, 0) is 4.79 Å². The number of carbonyl (C=O) groups excluding carboxylic acids is 1. The number of nitrogens with zero attached hydrogens (tertiary/aromatic N) is 2. The van der Waals surface area contributed by atoms with Crippen LogP contribution in [0.2, 0.25) is 0 Å². The second kappa shape index (κ2) is 4.63. The Kier molecular flexibility index (Phi) is 3.36. The Balaban J connectivity index is 2.20. The summed E-state index contributed by atoms with van der Waals surface area (Å²) in [4.78, 5) is 11.6. The van der Waals surface area contributed by atoms with E-state index in [2.05, 4.69) is 31.9 Å². The van der Waals surface area contributed by atoms with Crippen molar-refractivity contribution in [2.75, 3.05) is 0 Å². The quantitative estimate of drug-likeness (QED) is 0.642. The highest BCUT2D eigenvalue weighted by Crippen LogP contribution is 2.39. The number of hydrogen-bond acceptors (Lipinski definition) is 2. The molecular weight excluding hydrogens is 212 g/mol. The molecule has 3 nitrogen and oxygen atoms in total. The molecule has 4 atom stereocenters. The van der Waals surface area contributed by atoms with Gasteiger partial charge in [-0.05, 0) is 31.1 Å². The summed E-state index contributed by atoms with van der Waals surface area (Å²) < 4.78 is 0. The van der Waals surface area contributed by atoms with Crippen molar-refractivity contribution in [1.29, 1.82) is 0 Å². The van der Waals surface area contributed by atoms with Crippen molar-refractivity contribution >= 4 is 12.1 Å². The first kappa shape index (κ1) is 12.3. The van der Waals surface area contributed by atoms with Crippen LogP contribution in [0.25, 0.3) is 0 Å². The van der Waals surface area contributed by atoms with E-state index in [-0.39, 0.29) is 11.9 Å². The van der Waals surface area contributed by atoms with E-state index in [1.165, 1.54) is 5.57 Å². The summed E-state index contributed by atoms with van der Waals surface area (Å²) >= 11 is 0. The maximum absolute atomic E-state index is 11.6. The van der Waals surface area contributed by atoms with Crippen molar-refractivity contribution in [3.05, 3.63) is 11.6 Å². The van der Waals surface area contributed by atoms with Gasteiger partial charge in [-0.2, -0.15) is 5.10 Å². The van der Waals surface area contributed by atoms with E-state index >= 15 is 0 Å². The van der Waals surface area contributed by atoms with Gasteiger partial charge >= 0.3 is 0 Å². The Morgan fingerprint density at radius 3 is 2.76 bits per heavy atom. The predicted octanol–water partition coefficient (Wildman–Crippen LogP) is 2.83. The molecule has 1 amide bonds. The van der Waals surface area contributed by atoms with Crippen molar-refractivity contribution in [3.8, 4) is 0 Å². The van der Waals surface area contributed by atoms with Gasteiger partial charge in [0.15, 0.2) is 0 Å². The molecule has 0 saturated carbocycles. The Morgan fingerprint density at radius 2 is 2.18 bits per heavy atom. The van der Waals surface area contributed by atoms with Crippen LogP contribution in [0.4, 0.5) is 0 Å². The van der Waals surface area contributed by atoms with Crippen LogP contribution in [0, 0.1) is 17.8 Å². The first-order valence-electron chi connectivity index (χ1n) is 6.50. The predicted molar refractivity (Wildman–Crippen MR) is 69.6 cm³/mol. The lowest BCUT2D eigenvalue weighted by Gasteiger charge is -2.39. The molecule has 2 rings (SSSR count). The third-order valence-electron chi connectivity index (χ3n) is 4.09. The first-order valence-corrected chi connectivity index (χ1v) is 6.50. The summed E-state index contributed by atoms with van der Waals surface area (Å²) in [6.07, 6.45) is 6.31. The third kappa shape index (κ3) is 2.28. The molecule has 0 saturated heterocycles. The summed E-state index contributed by atoms with van der Waals surface area (Å²) in [5.41, 5.74) is 1.48. The average molecular weight is 234 g/mol. The number of amides is 1. The van der Waals surface area contributed by atoms with Crippen molar-refractivity contribution in [3.63, 3.8) is 0 Å². The molecule has 0 radical (unpaired) electrons. The van der Waals surface area contributed by atoms with Gasteiger partial charge in [0.2, 0.25) is 5.91 Å². The minimum Gasteiger partial charge on any atom is -0.273 e. The van der Waals surface area contributed by atoms with E-state index in [0.29, 0.717) is 17.8 Å². The Bertz CT molecular complexity index is 372. The summed E-state index contributed by atoms with van der Waals surface area (Å²) in [6, 6.07) is 0.266. The molecule has 0 bridgehead atoms. The summed E-state index contributed by atoms with van der Waals surface area (Å²) in [6.45, 7) is 8.38. The minimum absolute atomic E-state index is 0.0643. The molecule has 1 aliphatic carbocycles. The van der Waals surface area contributed by atoms with Gasteiger partial charge in [0.1, 0.15) is 0 Å². The lowest BCUT2D eigenvalue weighted by molar-refractivity contribution is -0.132. The molecule has 0 aromatic rings. The van der Waals surface area contributed by atoms with Crippen molar-refractivity contribution < 1.29 is 4.79 Å². The highest BCUT2D eigenvalue weighted by atomic mass is 16.2. The zero-order valence-electron chi connectivity index (χ0n) is 11.2. The SMILES string of the molecule is CC(=O)N1N=CC[C@@H]1[C@@H]1[C@@H](C)C=C(C)C[C@@H]1C. The van der Waals surface area contributed by atoms with Crippen LogP contribution in [0.1, 0.15) is 40.5 Å². The molecule has 0 aromatic carbocycles. The van der Waals surface area contributed by atoms with Crippen molar-refractivity contribution in [2.45, 2.75) is 46.6 Å². The van der Waals surface area contributed by atoms with E-state index in [9.17, 15) is 4.79 Å². The summed E-state index contributed by atoms with van der Waals surface area (Å²) in [5, 5.41) is 5.90. The lowest BCUT2D eigenvalue weighted by Crippen LogP contribution is -2.43. The fourth-order valence-corrected chi connectivity index (χ4v) is 3.58. The zero-order chi connectivity index (χ0) is 12.6. The molecule has 94 valence electrons. The van der Waals surface area contributed by atoms with Crippen LogP contribution in [0.5, 0.6) is 0 Å². The number of allylic oxidation sites excluding steroid dienone is 2. The van der Waals surface area contributed by atoms with Gasteiger partial charge in [-0.3, -0.25) is 4.79 Å². The largest absolute Gasteiger partial charge is 0.273 e. The molecule has 0 unspecified atom stereocenters. The van der Waals surface area contributed by atoms with E-state index < -0.39 is 0 Å². The second-order valence-electron chi connectivity index (χ2n) is 5.60. The van der Waals surface area contributed by atoms with Gasteiger partial charge < -0.3 is 0 Å². The zero-order valence-corrected chi connectivity index (χ0v) is 11.2. The van der Waals surface area contributed by atoms with E-state index in [1.807, 2.05) is 6.21 Å². The standard InChI is InChI=1S/C14H22N2O/c1-9-7-10(2)14(11(3)8-9)13-5-6-15-16(13)12(4)17/h6-7,10-11,13-14H,5,8H2,1-4H3/t10-,11-,13+,14+/m0/s1. The van der Waals surface area contributed by atoms with Gasteiger partial charge in [0.05, 0.1) is 6.04 Å². The maximum Gasteiger partial charge on any atom is 0.239 e. The van der Waals surface area contributed by atoms with Gasteiger partial charge in [0, 0.05) is 19.6 Å². The highest BCUT2D eigenvalue weighted by molar-refractivity contribution is 5.77. The Labute approximate surface area is 104 Å². The maximum atomic E-state index is 11.6. The Morgan fingerprint density at radius 1 is 1.47 bits per heavy atom. The molecule has 17 heavy (non-hydrogen) atoms. The monoisotopic (exact) mass is 234 g/mol. The molecule has 3 heteroatoms. The molecule has 1 aliphatic heterocycles. The molecule has 2 aliphatic rings. The smallest absolute Gasteiger partial charge is 0.239 e. The first-order chi connectivity index (χ1) is 8.00. The summed E-state index contributed by atoms with van der Waals surface area (Å²) in [7, 11) is 0. The fourth-order valence-electron chi connectivity index (χ4n) is 3.58. The summed E-state index contributed by atoms with van der Waals surface area (Å²) in [5.74, 6) is 1.76. The molecule has 0 fully saturated rings. The van der Waals surface area contributed by atoms with E-state index in [1.54, 1.807) is 11.9 Å². The number of hydrazone groups is 1. The molecule has 0 aromatic heterocycles. The lowest BCUT2D eigenvalue weighted by atomic mass is 9.70. The minimum atomic E-state index is 0.0643. The van der Waals surface area contributed by atoms with Crippen molar-refractivity contribution in [1.82, 2.24) is 5.01 Å². The van der Waals surface area contributed by atoms with Gasteiger partial charge in [-0.15, -0.1) is 0 Å². The van der Waals surface area contributed by atoms with Crippen LogP contribution < -0.4 is 0 Å². The van der Waals surface area contributed by atoms with E-state index in [4.69, 9.17) is 0 Å². The fraction of sp³-hybridized carbons (Fsp3) is 0.714. The van der Waals surface area contributed by atoms with Crippen LogP contribution in [-0.4, -0.2) is 23.2 Å². The normalized spacial score (nSPS) is 37.2. The molecule has 0 N–H and O–H groups in total. The van der Waals surface area contributed by atoms with Crippen LogP contribution in [0.15, 0.2) is 16.8 Å². The molecule has 1 heterocycles. The van der Waals surface area contributed by atoms with Gasteiger partial charge in [-0.1, -0.05) is 25.5 Å². The van der Waals surface area contributed by atoms with Gasteiger partial charge in [-0.25, -0.2) is 5.01 Å². The number of rotatable bonds is 1. The number of carbonyl (C=O) groups is 1. The van der Waals surface area contributed by atoms with Crippen LogP contribution >= 0.6 is 0 Å². The molecule has 0 spiro atoms. The highest BCUT2D eigenvalue weighted by Gasteiger charge is 2.39. The van der Waals surface area contributed by atoms with Crippen molar-refractivity contribution in [2.24, 2.45) is 22.9 Å². The molecular formula is C14H22N2O. The van der Waals surface area contributed by atoms with Gasteiger partial charge in [0.25, 0.3) is 0 Å². The second-order valence-corrected chi connectivity index (χ2v) is 5.60. The third-order valence-corrected chi connectivity index (χ3v) is 4.09. The number of hydrogen-bond donors (Lipinski definition) is 0. The van der Waals surface area contributed by atoms with E-state index in [0.717, 1.165) is 12.8 Å². The Hall–Kier alpha value is -1.12. The van der Waals surface area contributed by atoms with Crippen LogP contribution in [0.3, 0.4) is 0 Å². The topological polar surface area (TPSA) is 32.7 Å².